The van der Waals surface area contributed by atoms with Crippen LogP contribution in [0.3, 0.4) is 0 Å². The minimum atomic E-state index is -3.47. The number of methoxy groups -OCH3 is 1. The summed E-state index contributed by atoms with van der Waals surface area (Å²) in [6.07, 6.45) is 0.917. The van der Waals surface area contributed by atoms with Crippen LogP contribution in [0.15, 0.2) is 0 Å². The van der Waals surface area contributed by atoms with Crippen LogP contribution in [0.2, 0.25) is 0 Å². The van der Waals surface area contributed by atoms with Gasteiger partial charge in [-0.2, -0.15) is 0 Å². The van der Waals surface area contributed by atoms with Crippen molar-refractivity contribution in [3.05, 3.63) is 0 Å². The second-order valence-corrected chi connectivity index (χ2v) is 5.69. The number of esters is 1. The Balaban J connectivity index is 4.68. The average Bonchev–Trinajstić information content (AvgIpc) is 2.23. The van der Waals surface area contributed by atoms with Gasteiger partial charge in [0.25, 0.3) is 0 Å². The van der Waals surface area contributed by atoms with Gasteiger partial charge in [0.2, 0.25) is 0 Å². The Kier molecular flexibility index (Phi) is 7.33. The van der Waals surface area contributed by atoms with E-state index in [1.165, 1.54) is 7.11 Å². The summed E-state index contributed by atoms with van der Waals surface area (Å²) in [6.45, 7) is 3.78. The molecule has 0 aromatic heterocycles. The van der Waals surface area contributed by atoms with Gasteiger partial charge in [-0.3, -0.25) is 4.79 Å². The summed E-state index contributed by atoms with van der Waals surface area (Å²) in [7, 11) is -2.04. The fraction of sp³-hybridized carbons (Fsp3) is 0.900. The first-order valence-electron chi connectivity index (χ1n) is 5.36. The predicted octanol–water partition coefficient (Wildman–Crippen LogP) is 0.779. The largest absolute Gasteiger partial charge is 0.465 e. The van der Waals surface area contributed by atoms with Gasteiger partial charge >= 0.3 is 5.97 Å². The van der Waals surface area contributed by atoms with E-state index < -0.39 is 21.1 Å². The van der Waals surface area contributed by atoms with Crippen molar-refractivity contribution in [3.8, 4) is 0 Å². The minimum Gasteiger partial charge on any atom is -0.465 e. The van der Waals surface area contributed by atoms with Crippen LogP contribution in [0.1, 0.15) is 26.7 Å². The molecule has 0 heterocycles. The zero-order valence-electron chi connectivity index (χ0n) is 10.1. The molecule has 0 aromatic rings. The van der Waals surface area contributed by atoms with Crippen LogP contribution in [0.5, 0.6) is 0 Å². The number of ether oxygens (including phenoxy) is 2. The first kappa shape index (κ1) is 15.4. The summed E-state index contributed by atoms with van der Waals surface area (Å²) < 4.78 is 33.1. The Bertz CT molecular complexity index is 296. The molecule has 0 aliphatic rings. The molecule has 0 fully saturated rings. The van der Waals surface area contributed by atoms with Crippen molar-refractivity contribution in [2.24, 2.45) is 0 Å². The number of hydrogen-bond acceptors (Lipinski definition) is 5. The number of carbonyl (C=O) groups excluding carboxylic acids is 1. The standard InChI is InChI=1S/C10H20O5S/c1-4-6-9(10(11)15-5-2)16(12,13)8-7-14-3/h9H,4-8H2,1-3H3. The van der Waals surface area contributed by atoms with Gasteiger partial charge in [-0.25, -0.2) is 8.42 Å². The van der Waals surface area contributed by atoms with Gasteiger partial charge in [-0.15, -0.1) is 0 Å². The SMILES string of the molecule is CCCC(C(=O)OCC)S(=O)(=O)CCOC. The summed E-state index contributed by atoms with van der Waals surface area (Å²) in [5.74, 6) is -0.798. The van der Waals surface area contributed by atoms with Gasteiger partial charge in [-0.1, -0.05) is 13.3 Å². The van der Waals surface area contributed by atoms with E-state index in [9.17, 15) is 13.2 Å². The second-order valence-electron chi connectivity index (χ2n) is 3.39. The van der Waals surface area contributed by atoms with E-state index in [0.717, 1.165) is 0 Å². The number of hydrogen-bond donors (Lipinski definition) is 0. The lowest BCUT2D eigenvalue weighted by Crippen LogP contribution is -2.34. The summed E-state index contributed by atoms with van der Waals surface area (Å²) in [5, 5.41) is -1.05. The monoisotopic (exact) mass is 252 g/mol. The van der Waals surface area contributed by atoms with Gasteiger partial charge in [0, 0.05) is 7.11 Å². The Morgan fingerprint density at radius 1 is 1.31 bits per heavy atom. The molecule has 0 aromatic carbocycles. The van der Waals surface area contributed by atoms with Crippen molar-refractivity contribution in [1.29, 1.82) is 0 Å². The third-order valence-corrected chi connectivity index (χ3v) is 4.14. The van der Waals surface area contributed by atoms with Gasteiger partial charge in [-0.05, 0) is 13.3 Å². The molecule has 1 unspecified atom stereocenters. The van der Waals surface area contributed by atoms with E-state index in [4.69, 9.17) is 9.47 Å². The van der Waals surface area contributed by atoms with Crippen molar-refractivity contribution in [1.82, 2.24) is 0 Å². The van der Waals surface area contributed by atoms with Crippen LogP contribution >= 0.6 is 0 Å². The van der Waals surface area contributed by atoms with E-state index in [1.54, 1.807) is 6.92 Å². The molecule has 16 heavy (non-hydrogen) atoms. The summed E-state index contributed by atoms with van der Waals surface area (Å²) >= 11 is 0. The van der Waals surface area contributed by atoms with Crippen molar-refractivity contribution in [3.63, 3.8) is 0 Å². The third-order valence-electron chi connectivity index (χ3n) is 2.11. The lowest BCUT2D eigenvalue weighted by Gasteiger charge is -2.15. The van der Waals surface area contributed by atoms with Crippen LogP contribution in [0.25, 0.3) is 0 Å². The molecule has 5 nitrogen and oxygen atoms in total. The molecular formula is C10H20O5S. The fourth-order valence-electron chi connectivity index (χ4n) is 1.28. The van der Waals surface area contributed by atoms with Crippen molar-refractivity contribution in [2.75, 3.05) is 26.1 Å². The number of rotatable bonds is 8. The lowest BCUT2D eigenvalue weighted by atomic mass is 10.2. The van der Waals surface area contributed by atoms with Gasteiger partial charge in [0.15, 0.2) is 15.1 Å². The molecule has 6 heteroatoms. The fourth-order valence-corrected chi connectivity index (χ4v) is 2.92. The molecule has 0 amide bonds. The van der Waals surface area contributed by atoms with E-state index in [2.05, 4.69) is 0 Å². The first-order valence-corrected chi connectivity index (χ1v) is 7.08. The predicted molar refractivity (Wildman–Crippen MR) is 61.0 cm³/mol. The highest BCUT2D eigenvalue weighted by atomic mass is 32.2. The lowest BCUT2D eigenvalue weighted by molar-refractivity contribution is -0.142. The molecule has 0 N–H and O–H groups in total. The molecule has 0 saturated heterocycles. The zero-order valence-corrected chi connectivity index (χ0v) is 10.9. The van der Waals surface area contributed by atoms with Crippen LogP contribution in [0.4, 0.5) is 0 Å². The molecule has 96 valence electrons. The highest BCUT2D eigenvalue weighted by molar-refractivity contribution is 7.92. The van der Waals surface area contributed by atoms with Gasteiger partial charge in [0.1, 0.15) is 0 Å². The molecule has 0 rings (SSSR count). The van der Waals surface area contributed by atoms with Crippen LogP contribution < -0.4 is 0 Å². The summed E-state index contributed by atoms with van der Waals surface area (Å²) in [6, 6.07) is 0. The third kappa shape index (κ3) is 4.94. The highest BCUT2D eigenvalue weighted by Crippen LogP contribution is 2.12. The summed E-state index contributed by atoms with van der Waals surface area (Å²) in [5.41, 5.74) is 0. The zero-order chi connectivity index (χ0) is 12.6. The molecule has 0 aliphatic heterocycles. The first-order chi connectivity index (χ1) is 7.49. The molecule has 0 saturated carbocycles. The average molecular weight is 252 g/mol. The number of sulfone groups is 1. The molecule has 0 aliphatic carbocycles. The van der Waals surface area contributed by atoms with E-state index >= 15 is 0 Å². The number of carbonyl (C=O) groups is 1. The molecule has 1 atom stereocenters. The van der Waals surface area contributed by atoms with E-state index in [1.807, 2.05) is 6.92 Å². The molecule has 0 bridgehead atoms. The Hall–Kier alpha value is -0.620. The van der Waals surface area contributed by atoms with Gasteiger partial charge < -0.3 is 9.47 Å². The quantitative estimate of drug-likeness (QED) is 0.597. The van der Waals surface area contributed by atoms with Gasteiger partial charge in [0.05, 0.1) is 19.0 Å². The molecule has 0 radical (unpaired) electrons. The molecule has 0 spiro atoms. The normalized spacial score (nSPS) is 13.4. The van der Waals surface area contributed by atoms with E-state index in [0.29, 0.717) is 12.8 Å². The van der Waals surface area contributed by atoms with Crippen LogP contribution in [0, 0.1) is 0 Å². The second kappa shape index (κ2) is 7.62. The van der Waals surface area contributed by atoms with Crippen LogP contribution in [-0.4, -0.2) is 45.7 Å². The van der Waals surface area contributed by atoms with Crippen molar-refractivity contribution >= 4 is 15.8 Å². The van der Waals surface area contributed by atoms with E-state index in [-0.39, 0.29) is 19.0 Å². The van der Waals surface area contributed by atoms with Crippen molar-refractivity contribution in [2.45, 2.75) is 31.9 Å². The maximum absolute atomic E-state index is 11.8. The Morgan fingerprint density at radius 2 is 1.94 bits per heavy atom. The Labute approximate surface area is 97.0 Å². The minimum absolute atomic E-state index is 0.0992. The van der Waals surface area contributed by atoms with Crippen molar-refractivity contribution < 1.29 is 22.7 Å². The summed E-state index contributed by atoms with van der Waals surface area (Å²) in [4.78, 5) is 11.5. The Morgan fingerprint density at radius 3 is 2.38 bits per heavy atom. The highest BCUT2D eigenvalue weighted by Gasteiger charge is 2.32. The smallest absolute Gasteiger partial charge is 0.324 e. The maximum Gasteiger partial charge on any atom is 0.324 e. The van der Waals surface area contributed by atoms with Crippen LogP contribution in [-0.2, 0) is 24.1 Å². The molecular weight excluding hydrogens is 232 g/mol. The topological polar surface area (TPSA) is 69.7 Å². The maximum atomic E-state index is 11.8.